The van der Waals surface area contributed by atoms with Crippen molar-refractivity contribution >= 4 is 31.0 Å². The van der Waals surface area contributed by atoms with Crippen LogP contribution in [-0.4, -0.2) is 6.21 Å². The molecular formula is C5H7Cl2NO. The molecule has 0 fully saturated rings. The minimum absolute atomic E-state index is 0. The van der Waals surface area contributed by atoms with Crippen LogP contribution in [0.15, 0.2) is 29.8 Å². The molecule has 52 valence electrons. The van der Waals surface area contributed by atoms with Crippen molar-refractivity contribution < 1.29 is 4.74 Å². The first-order valence-corrected chi connectivity index (χ1v) is 1.99. The first-order valence-electron chi connectivity index (χ1n) is 1.99. The minimum atomic E-state index is 0. The minimum Gasteiger partial charge on any atom is -0.471 e. The highest BCUT2D eigenvalue weighted by atomic mass is 35.5. The number of halogens is 2. The second-order valence-electron chi connectivity index (χ2n) is 1.05. The second kappa shape index (κ2) is 7.53. The lowest BCUT2D eigenvalue weighted by molar-refractivity contribution is 0.403. The van der Waals surface area contributed by atoms with E-state index in [2.05, 4.69) is 4.99 Å². The second-order valence-corrected chi connectivity index (χ2v) is 1.05. The summed E-state index contributed by atoms with van der Waals surface area (Å²) in [6.07, 6.45) is 8.04. The van der Waals surface area contributed by atoms with Crippen molar-refractivity contribution in [3.8, 4) is 0 Å². The molecule has 1 aliphatic heterocycles. The van der Waals surface area contributed by atoms with Crippen molar-refractivity contribution in [2.75, 3.05) is 0 Å². The number of ether oxygens (including phenoxy) is 1. The quantitative estimate of drug-likeness (QED) is 0.541. The van der Waals surface area contributed by atoms with Crippen LogP contribution in [0.4, 0.5) is 0 Å². The maximum absolute atomic E-state index is 4.71. The van der Waals surface area contributed by atoms with Gasteiger partial charge in [0.2, 0.25) is 0 Å². The topological polar surface area (TPSA) is 21.6 Å². The van der Waals surface area contributed by atoms with Gasteiger partial charge in [0.15, 0.2) is 0 Å². The Morgan fingerprint density at radius 1 is 1.11 bits per heavy atom. The van der Waals surface area contributed by atoms with Gasteiger partial charge in [0.25, 0.3) is 0 Å². The Balaban J connectivity index is 0. The molecule has 9 heavy (non-hydrogen) atoms. The van der Waals surface area contributed by atoms with E-state index in [1.54, 1.807) is 24.8 Å². The maximum atomic E-state index is 4.71. The molecule has 0 unspecified atom stereocenters. The maximum Gasteiger partial charge on any atom is 0.108 e. The molecule has 1 rings (SSSR count). The van der Waals surface area contributed by atoms with Gasteiger partial charge in [0, 0.05) is 6.21 Å². The van der Waals surface area contributed by atoms with Crippen molar-refractivity contribution in [3.63, 3.8) is 0 Å². The molecule has 0 saturated heterocycles. The smallest absolute Gasteiger partial charge is 0.108 e. The third kappa shape index (κ3) is 5.40. The van der Waals surface area contributed by atoms with E-state index < -0.39 is 0 Å². The SMILES string of the molecule is C1=COC=CN=C1.Cl.Cl. The summed E-state index contributed by atoms with van der Waals surface area (Å²) in [5, 5.41) is 0. The van der Waals surface area contributed by atoms with E-state index >= 15 is 0 Å². The summed E-state index contributed by atoms with van der Waals surface area (Å²) in [5.74, 6) is 0. The average molecular weight is 168 g/mol. The summed E-state index contributed by atoms with van der Waals surface area (Å²) in [5.41, 5.74) is 0. The number of nitrogens with zero attached hydrogens (tertiary/aromatic N) is 1. The predicted octanol–water partition coefficient (Wildman–Crippen LogP) is 1.92. The summed E-state index contributed by atoms with van der Waals surface area (Å²) in [6, 6.07) is 0. The highest BCUT2D eigenvalue weighted by molar-refractivity contribution is 5.85. The lowest BCUT2D eigenvalue weighted by Crippen LogP contribution is -1.58. The molecular weight excluding hydrogens is 161 g/mol. The highest BCUT2D eigenvalue weighted by Crippen LogP contribution is 1.84. The summed E-state index contributed by atoms with van der Waals surface area (Å²) < 4.78 is 4.71. The monoisotopic (exact) mass is 167 g/mol. The van der Waals surface area contributed by atoms with Gasteiger partial charge in [-0.25, -0.2) is 0 Å². The van der Waals surface area contributed by atoms with E-state index in [0.717, 1.165) is 0 Å². The van der Waals surface area contributed by atoms with Crippen molar-refractivity contribution in [3.05, 3.63) is 24.8 Å². The van der Waals surface area contributed by atoms with Gasteiger partial charge < -0.3 is 4.74 Å². The molecule has 0 amide bonds. The van der Waals surface area contributed by atoms with Crippen LogP contribution in [0.25, 0.3) is 0 Å². The van der Waals surface area contributed by atoms with Gasteiger partial charge in [-0.15, -0.1) is 24.8 Å². The molecule has 4 heteroatoms. The summed E-state index contributed by atoms with van der Waals surface area (Å²) in [7, 11) is 0. The number of hydrogen-bond donors (Lipinski definition) is 0. The molecule has 0 aromatic rings. The third-order valence-corrected chi connectivity index (χ3v) is 0.555. The van der Waals surface area contributed by atoms with Crippen molar-refractivity contribution in [2.45, 2.75) is 0 Å². The molecule has 0 atom stereocenters. The Morgan fingerprint density at radius 3 is 2.67 bits per heavy atom. The summed E-state index contributed by atoms with van der Waals surface area (Å²) >= 11 is 0. The van der Waals surface area contributed by atoms with Crippen LogP contribution >= 0.6 is 24.8 Å². The number of rotatable bonds is 0. The Kier molecular flexibility index (Phi) is 9.49. The van der Waals surface area contributed by atoms with Crippen LogP contribution < -0.4 is 0 Å². The van der Waals surface area contributed by atoms with Gasteiger partial charge in [-0.05, 0) is 6.08 Å². The standard InChI is InChI=1S/C5H5NO.2ClH/c1-2-6-3-5-7-4-1;;/h1-5H;2*1H. The Morgan fingerprint density at radius 2 is 1.89 bits per heavy atom. The molecule has 0 aromatic heterocycles. The van der Waals surface area contributed by atoms with Gasteiger partial charge in [0.1, 0.15) is 6.26 Å². The van der Waals surface area contributed by atoms with E-state index in [1.165, 1.54) is 6.26 Å². The first kappa shape index (κ1) is 11.3. The molecule has 0 N–H and O–H groups in total. The van der Waals surface area contributed by atoms with Crippen LogP contribution in [0.1, 0.15) is 0 Å². The zero-order chi connectivity index (χ0) is 4.95. The molecule has 0 aliphatic carbocycles. The normalized spacial score (nSPS) is 12.4. The fourth-order valence-corrected chi connectivity index (χ4v) is 0.296. The molecule has 0 aromatic carbocycles. The summed E-state index contributed by atoms with van der Waals surface area (Å²) in [6.45, 7) is 0. The predicted molar refractivity (Wildman–Crippen MR) is 42.4 cm³/mol. The molecule has 0 radical (unpaired) electrons. The number of aliphatic imine (C=N–C) groups is 1. The fraction of sp³-hybridized carbons (Fsp3) is 0. The average Bonchev–Trinajstić information content (AvgIpc) is 1.90. The zero-order valence-corrected chi connectivity index (χ0v) is 6.19. The third-order valence-electron chi connectivity index (χ3n) is 0.555. The Hall–Kier alpha value is -0.470. The zero-order valence-electron chi connectivity index (χ0n) is 4.56. The van der Waals surface area contributed by atoms with E-state index in [9.17, 15) is 0 Å². The van der Waals surface area contributed by atoms with Crippen molar-refractivity contribution in [2.24, 2.45) is 4.99 Å². The van der Waals surface area contributed by atoms with E-state index in [1.807, 2.05) is 0 Å². The fourth-order valence-electron chi connectivity index (χ4n) is 0.296. The molecule has 2 nitrogen and oxygen atoms in total. The number of hydrogen-bond acceptors (Lipinski definition) is 2. The molecule has 1 aliphatic rings. The van der Waals surface area contributed by atoms with Crippen LogP contribution in [0.5, 0.6) is 0 Å². The van der Waals surface area contributed by atoms with Gasteiger partial charge in [-0.2, -0.15) is 0 Å². The van der Waals surface area contributed by atoms with Gasteiger partial charge in [-0.1, -0.05) is 0 Å². The summed E-state index contributed by atoms with van der Waals surface area (Å²) in [4.78, 5) is 3.75. The van der Waals surface area contributed by atoms with Gasteiger partial charge in [-0.3, -0.25) is 4.99 Å². The first-order chi connectivity index (χ1) is 3.50. The molecule has 0 saturated carbocycles. The van der Waals surface area contributed by atoms with Gasteiger partial charge >= 0.3 is 0 Å². The Labute approximate surface area is 66.1 Å². The highest BCUT2D eigenvalue weighted by Gasteiger charge is 1.70. The van der Waals surface area contributed by atoms with E-state index in [4.69, 9.17) is 4.74 Å². The molecule has 1 heterocycles. The lowest BCUT2D eigenvalue weighted by Gasteiger charge is -1.78. The van der Waals surface area contributed by atoms with Crippen LogP contribution in [-0.2, 0) is 4.74 Å². The van der Waals surface area contributed by atoms with E-state index in [0.29, 0.717) is 0 Å². The van der Waals surface area contributed by atoms with Gasteiger partial charge in [0.05, 0.1) is 12.5 Å². The van der Waals surface area contributed by atoms with Crippen LogP contribution in [0, 0.1) is 0 Å². The molecule has 0 bridgehead atoms. The van der Waals surface area contributed by atoms with Crippen LogP contribution in [0.3, 0.4) is 0 Å². The van der Waals surface area contributed by atoms with Crippen LogP contribution in [0.2, 0.25) is 0 Å². The number of allylic oxidation sites excluding steroid dienone is 1. The largest absolute Gasteiger partial charge is 0.471 e. The molecule has 0 spiro atoms. The van der Waals surface area contributed by atoms with Crippen molar-refractivity contribution in [1.29, 1.82) is 0 Å². The lowest BCUT2D eigenvalue weighted by atomic mass is 10.7. The van der Waals surface area contributed by atoms with Crippen molar-refractivity contribution in [1.82, 2.24) is 0 Å². The Bertz CT molecular complexity index is 117. The van der Waals surface area contributed by atoms with E-state index in [-0.39, 0.29) is 24.8 Å².